The maximum absolute atomic E-state index is 12.9. The number of hydrogen-bond donors (Lipinski definition) is 0. The van der Waals surface area contributed by atoms with E-state index in [1.54, 1.807) is 6.92 Å². The molecule has 0 bridgehead atoms. The molecule has 0 radical (unpaired) electrons. The standard InChI is InChI=1S/C11H15FO3S/c1-3-9(12)8-15-10-4-6-11(7-5-10)16(2,13)14/h4-7,9H,3,8H2,1-2H3/t9-/m1/s1. The van der Waals surface area contributed by atoms with Crippen LogP contribution in [0.2, 0.25) is 0 Å². The Morgan fingerprint density at radius 3 is 2.31 bits per heavy atom. The minimum absolute atomic E-state index is 0.00524. The Hall–Kier alpha value is -1.10. The lowest BCUT2D eigenvalue weighted by molar-refractivity contribution is 0.191. The fraction of sp³-hybridized carbons (Fsp3) is 0.455. The van der Waals surface area contributed by atoms with Crippen molar-refractivity contribution in [2.24, 2.45) is 0 Å². The molecule has 0 spiro atoms. The summed E-state index contributed by atoms with van der Waals surface area (Å²) < 4.78 is 40.3. The molecular weight excluding hydrogens is 231 g/mol. The summed E-state index contributed by atoms with van der Waals surface area (Å²) in [5, 5.41) is 0. The van der Waals surface area contributed by atoms with Gasteiger partial charge in [-0.2, -0.15) is 0 Å². The third-order valence-electron chi connectivity index (χ3n) is 2.13. The van der Waals surface area contributed by atoms with Gasteiger partial charge in [0, 0.05) is 6.26 Å². The first-order valence-electron chi connectivity index (χ1n) is 5.00. The van der Waals surface area contributed by atoms with E-state index in [9.17, 15) is 12.8 Å². The van der Waals surface area contributed by atoms with Gasteiger partial charge in [-0.3, -0.25) is 0 Å². The van der Waals surface area contributed by atoms with Crippen molar-refractivity contribution in [3.8, 4) is 5.75 Å². The highest BCUT2D eigenvalue weighted by Gasteiger charge is 2.07. The van der Waals surface area contributed by atoms with Crippen molar-refractivity contribution in [1.29, 1.82) is 0 Å². The Bertz CT molecular complexity index is 425. The number of alkyl halides is 1. The van der Waals surface area contributed by atoms with Crippen LogP contribution in [-0.4, -0.2) is 27.5 Å². The smallest absolute Gasteiger partial charge is 0.175 e. The summed E-state index contributed by atoms with van der Waals surface area (Å²) in [6, 6.07) is 5.95. The van der Waals surface area contributed by atoms with Crippen molar-refractivity contribution in [2.75, 3.05) is 12.9 Å². The second-order valence-corrected chi connectivity index (χ2v) is 5.58. The minimum atomic E-state index is -3.19. The summed E-state index contributed by atoms with van der Waals surface area (Å²) in [6.07, 6.45) is 0.550. The van der Waals surface area contributed by atoms with Gasteiger partial charge in [0.15, 0.2) is 9.84 Å². The normalized spacial score (nSPS) is 13.4. The molecule has 0 saturated carbocycles. The van der Waals surface area contributed by atoms with Crippen LogP contribution in [0.15, 0.2) is 29.2 Å². The van der Waals surface area contributed by atoms with Crippen LogP contribution < -0.4 is 4.74 Å². The monoisotopic (exact) mass is 246 g/mol. The van der Waals surface area contributed by atoms with Gasteiger partial charge in [0.05, 0.1) is 4.90 Å². The molecule has 0 N–H and O–H groups in total. The Morgan fingerprint density at radius 1 is 1.31 bits per heavy atom. The molecule has 90 valence electrons. The quantitative estimate of drug-likeness (QED) is 0.800. The molecule has 0 heterocycles. The van der Waals surface area contributed by atoms with Crippen molar-refractivity contribution in [3.05, 3.63) is 24.3 Å². The van der Waals surface area contributed by atoms with E-state index in [0.29, 0.717) is 12.2 Å². The van der Waals surface area contributed by atoms with Crippen LogP contribution in [0.5, 0.6) is 5.75 Å². The molecule has 1 aromatic rings. The van der Waals surface area contributed by atoms with E-state index in [1.807, 2.05) is 0 Å². The first-order valence-corrected chi connectivity index (χ1v) is 6.89. The third kappa shape index (κ3) is 3.81. The summed E-state index contributed by atoms with van der Waals surface area (Å²) in [5.74, 6) is 0.475. The summed E-state index contributed by atoms with van der Waals surface area (Å²) in [5.41, 5.74) is 0. The molecule has 1 rings (SSSR count). The highest BCUT2D eigenvalue weighted by Crippen LogP contribution is 2.16. The molecule has 0 saturated heterocycles. The van der Waals surface area contributed by atoms with Crippen molar-refractivity contribution in [2.45, 2.75) is 24.4 Å². The van der Waals surface area contributed by atoms with Crippen LogP contribution in [0.4, 0.5) is 4.39 Å². The molecule has 0 unspecified atom stereocenters. The van der Waals surface area contributed by atoms with Gasteiger partial charge in [-0.15, -0.1) is 0 Å². The Balaban J connectivity index is 2.66. The number of rotatable bonds is 5. The number of benzene rings is 1. The fourth-order valence-electron chi connectivity index (χ4n) is 1.09. The van der Waals surface area contributed by atoms with E-state index in [-0.39, 0.29) is 11.5 Å². The average Bonchev–Trinajstić information content (AvgIpc) is 2.25. The van der Waals surface area contributed by atoms with Crippen molar-refractivity contribution < 1.29 is 17.5 Å². The molecule has 0 aliphatic heterocycles. The van der Waals surface area contributed by atoms with Crippen LogP contribution in [-0.2, 0) is 9.84 Å². The van der Waals surface area contributed by atoms with E-state index >= 15 is 0 Å². The van der Waals surface area contributed by atoms with Gasteiger partial charge in [-0.05, 0) is 30.7 Å². The molecule has 0 fully saturated rings. The second-order valence-electron chi connectivity index (χ2n) is 3.56. The number of ether oxygens (including phenoxy) is 1. The maximum atomic E-state index is 12.9. The number of hydrogen-bond acceptors (Lipinski definition) is 3. The molecule has 0 amide bonds. The van der Waals surface area contributed by atoms with E-state index < -0.39 is 16.0 Å². The van der Waals surface area contributed by atoms with Gasteiger partial charge in [0.25, 0.3) is 0 Å². The molecule has 1 atom stereocenters. The van der Waals surface area contributed by atoms with Crippen LogP contribution >= 0.6 is 0 Å². The summed E-state index contributed by atoms with van der Waals surface area (Å²) in [6.45, 7) is 1.73. The van der Waals surface area contributed by atoms with Gasteiger partial charge in [-0.1, -0.05) is 6.92 Å². The summed E-state index contributed by atoms with van der Waals surface area (Å²) >= 11 is 0. The number of sulfone groups is 1. The molecule has 0 aliphatic rings. The highest BCUT2D eigenvalue weighted by molar-refractivity contribution is 7.90. The minimum Gasteiger partial charge on any atom is -0.491 e. The third-order valence-corrected chi connectivity index (χ3v) is 3.25. The van der Waals surface area contributed by atoms with Crippen LogP contribution in [0, 0.1) is 0 Å². The first kappa shape index (κ1) is 13.0. The van der Waals surface area contributed by atoms with E-state index in [4.69, 9.17) is 4.74 Å². The highest BCUT2D eigenvalue weighted by atomic mass is 32.2. The topological polar surface area (TPSA) is 43.4 Å². The Labute approximate surface area is 95.2 Å². The molecule has 5 heteroatoms. The van der Waals surface area contributed by atoms with Crippen molar-refractivity contribution in [1.82, 2.24) is 0 Å². The van der Waals surface area contributed by atoms with E-state index in [1.165, 1.54) is 24.3 Å². The van der Waals surface area contributed by atoms with Crippen LogP contribution in [0.3, 0.4) is 0 Å². The van der Waals surface area contributed by atoms with Crippen molar-refractivity contribution >= 4 is 9.84 Å². The number of halogens is 1. The lowest BCUT2D eigenvalue weighted by Crippen LogP contribution is -2.11. The van der Waals surface area contributed by atoms with Crippen molar-refractivity contribution in [3.63, 3.8) is 0 Å². The zero-order valence-corrected chi connectivity index (χ0v) is 10.1. The predicted molar refractivity (Wildman–Crippen MR) is 60.2 cm³/mol. The van der Waals surface area contributed by atoms with Crippen LogP contribution in [0.25, 0.3) is 0 Å². The lowest BCUT2D eigenvalue weighted by atomic mass is 10.3. The molecular formula is C11H15FO3S. The predicted octanol–water partition coefficient (Wildman–Crippen LogP) is 2.22. The molecule has 1 aromatic carbocycles. The summed E-state index contributed by atoms with van der Waals surface area (Å²) in [4.78, 5) is 0.229. The van der Waals surface area contributed by atoms with E-state index in [2.05, 4.69) is 0 Å². The zero-order chi connectivity index (χ0) is 12.2. The van der Waals surface area contributed by atoms with Crippen LogP contribution in [0.1, 0.15) is 13.3 Å². The van der Waals surface area contributed by atoms with Gasteiger partial charge >= 0.3 is 0 Å². The average molecular weight is 246 g/mol. The first-order chi connectivity index (χ1) is 7.43. The second kappa shape index (κ2) is 5.30. The van der Waals surface area contributed by atoms with E-state index in [0.717, 1.165) is 6.26 Å². The molecule has 16 heavy (non-hydrogen) atoms. The van der Waals surface area contributed by atoms with Gasteiger partial charge in [0.1, 0.15) is 18.5 Å². The van der Waals surface area contributed by atoms with Gasteiger partial charge in [-0.25, -0.2) is 12.8 Å². The lowest BCUT2D eigenvalue weighted by Gasteiger charge is -2.08. The van der Waals surface area contributed by atoms with Gasteiger partial charge in [0.2, 0.25) is 0 Å². The molecule has 0 aromatic heterocycles. The largest absolute Gasteiger partial charge is 0.491 e. The maximum Gasteiger partial charge on any atom is 0.175 e. The van der Waals surface area contributed by atoms with Gasteiger partial charge < -0.3 is 4.74 Å². The SMILES string of the molecule is CC[C@@H](F)COc1ccc(S(C)(=O)=O)cc1. The Morgan fingerprint density at radius 2 is 1.88 bits per heavy atom. The summed E-state index contributed by atoms with van der Waals surface area (Å²) in [7, 11) is -3.19. The zero-order valence-electron chi connectivity index (χ0n) is 9.31. The molecule has 3 nitrogen and oxygen atoms in total. The molecule has 0 aliphatic carbocycles. The fourth-order valence-corrected chi connectivity index (χ4v) is 1.72. The Kier molecular flexibility index (Phi) is 4.29.